The lowest BCUT2D eigenvalue weighted by Gasteiger charge is -2.37. The fourth-order valence-electron chi connectivity index (χ4n) is 3.50. The number of sulfonamides is 1. The van der Waals surface area contributed by atoms with Crippen molar-refractivity contribution >= 4 is 21.4 Å². The largest absolute Gasteiger partial charge is 0.385 e. The van der Waals surface area contributed by atoms with Crippen molar-refractivity contribution in [3.63, 3.8) is 0 Å². The summed E-state index contributed by atoms with van der Waals surface area (Å²) in [5.74, 6) is 0. The topological polar surface area (TPSA) is 70.7 Å². The normalized spacial score (nSPS) is 20.7. The fourth-order valence-corrected chi connectivity index (χ4v) is 4.35. The fraction of sp³-hybridized carbons (Fsp3) is 0.727. The van der Waals surface area contributed by atoms with E-state index in [1.165, 1.54) is 11.3 Å². The van der Waals surface area contributed by atoms with Crippen LogP contribution in [0.3, 0.4) is 0 Å². The number of benzene rings is 1. The molecular weight excluding hydrogens is 386 g/mol. The van der Waals surface area contributed by atoms with E-state index >= 15 is 0 Å². The number of nitrogens with zero attached hydrogens (tertiary/aromatic N) is 1. The van der Waals surface area contributed by atoms with Crippen molar-refractivity contribution in [3.8, 4) is 0 Å². The standard InChI is InChI=1S/C22H39N3O3S/c1-17-14-20(25-15-18(2)28-19(3)16-25)10-11-21(17)23-12-8-7-9-13-24-29(26,27)22(4,5)6/h10-11,14,18-19,23-24H,7-9,12-13,15-16H2,1-6H3/t18-,19+. The van der Waals surface area contributed by atoms with Crippen LogP contribution in [0.4, 0.5) is 11.4 Å². The Labute approximate surface area is 177 Å². The minimum Gasteiger partial charge on any atom is -0.385 e. The molecule has 166 valence electrons. The third-order valence-corrected chi connectivity index (χ3v) is 7.46. The summed E-state index contributed by atoms with van der Waals surface area (Å²) >= 11 is 0. The van der Waals surface area contributed by atoms with E-state index in [2.05, 4.69) is 53.9 Å². The van der Waals surface area contributed by atoms with Crippen molar-refractivity contribution in [3.05, 3.63) is 23.8 Å². The van der Waals surface area contributed by atoms with Crippen molar-refractivity contribution in [1.82, 2.24) is 4.72 Å². The average molecular weight is 426 g/mol. The molecule has 1 aromatic carbocycles. The molecule has 0 spiro atoms. The first kappa shape index (κ1) is 24.0. The summed E-state index contributed by atoms with van der Waals surface area (Å²) < 4.78 is 31.8. The molecule has 6 nitrogen and oxygen atoms in total. The summed E-state index contributed by atoms with van der Waals surface area (Å²) in [6.45, 7) is 14.8. The van der Waals surface area contributed by atoms with Gasteiger partial charge in [0.15, 0.2) is 0 Å². The van der Waals surface area contributed by atoms with Crippen LogP contribution in [0.5, 0.6) is 0 Å². The van der Waals surface area contributed by atoms with Crippen LogP contribution in [0.2, 0.25) is 0 Å². The van der Waals surface area contributed by atoms with Gasteiger partial charge in [-0.1, -0.05) is 6.42 Å². The first-order chi connectivity index (χ1) is 13.5. The van der Waals surface area contributed by atoms with E-state index < -0.39 is 14.8 Å². The molecule has 29 heavy (non-hydrogen) atoms. The third kappa shape index (κ3) is 7.15. The van der Waals surface area contributed by atoms with Crippen LogP contribution in [-0.4, -0.2) is 51.6 Å². The zero-order chi connectivity index (χ0) is 21.7. The molecule has 1 heterocycles. The Morgan fingerprint density at radius 3 is 2.28 bits per heavy atom. The van der Waals surface area contributed by atoms with Gasteiger partial charge in [0.25, 0.3) is 0 Å². The van der Waals surface area contributed by atoms with E-state index in [1.807, 2.05) is 0 Å². The Kier molecular flexibility index (Phi) is 8.37. The number of unbranched alkanes of at least 4 members (excludes halogenated alkanes) is 2. The quantitative estimate of drug-likeness (QED) is 0.587. The SMILES string of the molecule is Cc1cc(N2C[C@@H](C)O[C@@H](C)C2)ccc1NCCCCCNS(=O)(=O)C(C)(C)C. The van der Waals surface area contributed by atoms with Crippen LogP contribution >= 0.6 is 0 Å². The van der Waals surface area contributed by atoms with Crippen molar-refractivity contribution in [2.45, 2.75) is 77.8 Å². The Balaban J connectivity index is 1.72. The van der Waals surface area contributed by atoms with Crippen molar-refractivity contribution in [2.75, 3.05) is 36.4 Å². The van der Waals surface area contributed by atoms with Gasteiger partial charge >= 0.3 is 0 Å². The number of rotatable bonds is 9. The van der Waals surface area contributed by atoms with E-state index in [9.17, 15) is 8.42 Å². The first-order valence-electron chi connectivity index (χ1n) is 10.7. The molecule has 0 aromatic heterocycles. The molecule has 1 aliphatic rings. The van der Waals surface area contributed by atoms with Gasteiger partial charge in [0, 0.05) is 37.6 Å². The Hall–Kier alpha value is -1.31. The van der Waals surface area contributed by atoms with Crippen LogP contribution in [-0.2, 0) is 14.8 Å². The second-order valence-corrected chi connectivity index (χ2v) is 11.7. The Bertz CT molecular complexity index is 749. The maximum absolute atomic E-state index is 12.0. The second kappa shape index (κ2) is 10.1. The summed E-state index contributed by atoms with van der Waals surface area (Å²) in [7, 11) is -3.24. The summed E-state index contributed by atoms with van der Waals surface area (Å²) in [5, 5.41) is 3.51. The van der Waals surface area contributed by atoms with Gasteiger partial charge in [-0.05, 0) is 78.1 Å². The summed E-state index contributed by atoms with van der Waals surface area (Å²) in [4.78, 5) is 2.40. The van der Waals surface area contributed by atoms with Crippen LogP contribution < -0.4 is 14.9 Å². The maximum Gasteiger partial charge on any atom is 0.216 e. The van der Waals surface area contributed by atoms with E-state index in [0.29, 0.717) is 6.54 Å². The molecule has 0 unspecified atom stereocenters. The van der Waals surface area contributed by atoms with Crippen LogP contribution in [0, 0.1) is 6.92 Å². The minimum atomic E-state index is -3.24. The highest BCUT2D eigenvalue weighted by molar-refractivity contribution is 7.90. The molecule has 2 atom stereocenters. The van der Waals surface area contributed by atoms with Crippen LogP contribution in [0.1, 0.15) is 59.4 Å². The van der Waals surface area contributed by atoms with Gasteiger partial charge in [-0.3, -0.25) is 0 Å². The molecule has 1 aromatic rings. The molecule has 1 fully saturated rings. The number of ether oxygens (including phenoxy) is 1. The molecule has 0 aliphatic carbocycles. The van der Waals surface area contributed by atoms with Gasteiger partial charge in [0.05, 0.1) is 17.0 Å². The molecule has 2 N–H and O–H groups in total. The average Bonchev–Trinajstić information content (AvgIpc) is 2.60. The summed E-state index contributed by atoms with van der Waals surface area (Å²) in [6.07, 6.45) is 3.36. The number of nitrogens with one attached hydrogen (secondary N) is 2. The van der Waals surface area contributed by atoms with Crippen molar-refractivity contribution in [1.29, 1.82) is 0 Å². The van der Waals surface area contributed by atoms with Crippen LogP contribution in [0.25, 0.3) is 0 Å². The van der Waals surface area contributed by atoms with Gasteiger partial charge in [0.2, 0.25) is 10.0 Å². The van der Waals surface area contributed by atoms with Gasteiger partial charge in [-0.15, -0.1) is 0 Å². The van der Waals surface area contributed by atoms with E-state index in [0.717, 1.165) is 44.6 Å². The zero-order valence-corrected chi connectivity index (χ0v) is 19.7. The van der Waals surface area contributed by atoms with Crippen LogP contribution in [0.15, 0.2) is 18.2 Å². The smallest absolute Gasteiger partial charge is 0.216 e. The van der Waals surface area contributed by atoms with E-state index in [4.69, 9.17) is 4.74 Å². The minimum absolute atomic E-state index is 0.254. The maximum atomic E-state index is 12.0. The highest BCUT2D eigenvalue weighted by atomic mass is 32.2. The highest BCUT2D eigenvalue weighted by Gasteiger charge is 2.28. The molecule has 2 rings (SSSR count). The molecule has 7 heteroatoms. The monoisotopic (exact) mass is 425 g/mol. The number of hydrogen-bond donors (Lipinski definition) is 2. The van der Waals surface area contributed by atoms with Gasteiger partial charge in [0.1, 0.15) is 0 Å². The van der Waals surface area contributed by atoms with Gasteiger partial charge in [-0.25, -0.2) is 13.1 Å². The van der Waals surface area contributed by atoms with Crippen molar-refractivity contribution in [2.24, 2.45) is 0 Å². The molecule has 1 aliphatic heterocycles. The highest BCUT2D eigenvalue weighted by Crippen LogP contribution is 2.25. The van der Waals surface area contributed by atoms with Gasteiger partial charge in [-0.2, -0.15) is 0 Å². The number of aryl methyl sites for hydroxylation is 1. The van der Waals surface area contributed by atoms with E-state index in [1.54, 1.807) is 20.8 Å². The third-order valence-electron chi connectivity index (χ3n) is 5.26. The first-order valence-corrected chi connectivity index (χ1v) is 12.2. The predicted octanol–water partition coefficient (Wildman–Crippen LogP) is 3.91. The van der Waals surface area contributed by atoms with E-state index in [-0.39, 0.29) is 12.2 Å². The predicted molar refractivity (Wildman–Crippen MR) is 122 cm³/mol. The lowest BCUT2D eigenvalue weighted by Crippen LogP contribution is -2.45. The molecule has 0 amide bonds. The summed E-state index contributed by atoms with van der Waals surface area (Å²) in [6, 6.07) is 6.59. The lowest BCUT2D eigenvalue weighted by atomic mass is 10.1. The Morgan fingerprint density at radius 1 is 1.07 bits per heavy atom. The van der Waals surface area contributed by atoms with Crippen molar-refractivity contribution < 1.29 is 13.2 Å². The number of hydrogen-bond acceptors (Lipinski definition) is 5. The number of anilines is 2. The van der Waals surface area contributed by atoms with Gasteiger partial charge < -0.3 is 15.0 Å². The molecule has 1 saturated heterocycles. The molecular formula is C22H39N3O3S. The number of morpholine rings is 1. The molecule has 0 saturated carbocycles. The molecule has 0 bridgehead atoms. The lowest BCUT2D eigenvalue weighted by molar-refractivity contribution is -0.00522. The second-order valence-electron chi connectivity index (χ2n) is 9.16. The zero-order valence-electron chi connectivity index (χ0n) is 18.9. The summed E-state index contributed by atoms with van der Waals surface area (Å²) in [5.41, 5.74) is 3.66. The molecule has 0 radical (unpaired) electrons. The Morgan fingerprint density at radius 2 is 1.69 bits per heavy atom.